The van der Waals surface area contributed by atoms with E-state index in [1.165, 1.54) is 11.1 Å². The van der Waals surface area contributed by atoms with Gasteiger partial charge in [-0.25, -0.2) is 0 Å². The molecule has 22 heavy (non-hydrogen) atoms. The first kappa shape index (κ1) is 14.1. The van der Waals surface area contributed by atoms with Crippen LogP contribution in [0.1, 0.15) is 11.1 Å². The predicted molar refractivity (Wildman–Crippen MR) is 91.5 cm³/mol. The van der Waals surface area contributed by atoms with Crippen LogP contribution >= 0.6 is 0 Å². The first-order chi connectivity index (χ1) is 10.9. The molecular weight excluding hydrogens is 268 g/mol. The minimum absolute atomic E-state index is 0.753. The molecule has 0 spiro atoms. The molecule has 0 amide bonds. The van der Waals surface area contributed by atoms with E-state index in [1.807, 2.05) is 42.6 Å². The molecular formula is C20H17N2. The van der Waals surface area contributed by atoms with Crippen molar-refractivity contribution < 1.29 is 0 Å². The van der Waals surface area contributed by atoms with Crippen molar-refractivity contribution in [2.45, 2.75) is 0 Å². The van der Waals surface area contributed by atoms with Gasteiger partial charge in [0.05, 0.1) is 0 Å². The van der Waals surface area contributed by atoms with E-state index in [0.717, 1.165) is 17.8 Å². The predicted octanol–water partition coefficient (Wildman–Crippen LogP) is 4.43. The lowest BCUT2D eigenvalue weighted by molar-refractivity contribution is 1.29. The van der Waals surface area contributed by atoms with Crippen LogP contribution in [-0.4, -0.2) is 11.5 Å². The highest BCUT2D eigenvalue weighted by molar-refractivity contribution is 5.79. The van der Waals surface area contributed by atoms with Crippen molar-refractivity contribution in [1.29, 1.82) is 0 Å². The Bertz CT molecular complexity index is 678. The van der Waals surface area contributed by atoms with E-state index in [0.29, 0.717) is 0 Å². The topological polar surface area (TPSA) is 24.9 Å². The van der Waals surface area contributed by atoms with E-state index >= 15 is 0 Å². The Hall–Kier alpha value is -2.87. The largest absolute Gasteiger partial charge is 0.382 e. The maximum absolute atomic E-state index is 4.23. The van der Waals surface area contributed by atoms with E-state index in [4.69, 9.17) is 0 Å². The highest BCUT2D eigenvalue weighted by atomic mass is 14.8. The maximum Gasteiger partial charge on any atom is 0.0346 e. The van der Waals surface area contributed by atoms with E-state index in [1.54, 1.807) is 6.20 Å². The number of rotatable bonds is 5. The average Bonchev–Trinajstić information content (AvgIpc) is 2.61. The molecule has 1 radical (unpaired) electrons. The van der Waals surface area contributed by atoms with Crippen molar-refractivity contribution >= 4 is 11.3 Å². The fraction of sp³-hybridized carbons (Fsp3) is 0.0500. The normalized spacial score (nSPS) is 11.2. The third-order valence-electron chi connectivity index (χ3n) is 3.39. The van der Waals surface area contributed by atoms with E-state index in [9.17, 15) is 0 Å². The second kappa shape index (κ2) is 7.23. The summed E-state index contributed by atoms with van der Waals surface area (Å²) in [6.45, 7) is 0.753. The van der Waals surface area contributed by atoms with E-state index < -0.39 is 0 Å². The van der Waals surface area contributed by atoms with Crippen LogP contribution in [0.3, 0.4) is 0 Å². The molecule has 0 aliphatic heterocycles. The number of anilines is 1. The summed E-state index contributed by atoms with van der Waals surface area (Å²) < 4.78 is 0. The number of hydrogen-bond acceptors (Lipinski definition) is 2. The lowest BCUT2D eigenvalue weighted by atomic mass is 9.99. The van der Waals surface area contributed by atoms with Crippen molar-refractivity contribution in [2.75, 3.05) is 11.9 Å². The van der Waals surface area contributed by atoms with Gasteiger partial charge >= 0.3 is 0 Å². The molecule has 3 rings (SSSR count). The molecule has 0 aliphatic rings. The van der Waals surface area contributed by atoms with Gasteiger partial charge in [0.15, 0.2) is 0 Å². The SMILES string of the molecule is [c]1ccc(NC/C=C(\c2ccccc2)c2cccnc2)cc1. The summed E-state index contributed by atoms with van der Waals surface area (Å²) in [6, 6.07) is 25.3. The summed E-state index contributed by atoms with van der Waals surface area (Å²) in [5.41, 5.74) is 4.59. The molecule has 1 N–H and O–H groups in total. The highest BCUT2D eigenvalue weighted by Crippen LogP contribution is 2.22. The van der Waals surface area contributed by atoms with Gasteiger partial charge < -0.3 is 5.32 Å². The van der Waals surface area contributed by atoms with Gasteiger partial charge in [0.1, 0.15) is 0 Å². The molecule has 0 bridgehead atoms. The lowest BCUT2D eigenvalue weighted by Crippen LogP contribution is -2.00. The Labute approximate surface area is 131 Å². The molecule has 1 heterocycles. The fourth-order valence-corrected chi connectivity index (χ4v) is 2.32. The van der Waals surface area contributed by atoms with Crippen molar-refractivity contribution in [3.05, 3.63) is 102 Å². The standard InChI is InChI=1S/C20H17N2/c1-3-8-17(9-4-1)20(18-10-7-14-21-16-18)13-15-22-19-11-5-2-6-12-19/h1,3-14,16,22H,15H2/b20-13+. The summed E-state index contributed by atoms with van der Waals surface area (Å²) in [7, 11) is 0. The Morgan fingerprint density at radius 2 is 1.73 bits per heavy atom. The van der Waals surface area contributed by atoms with Crippen LogP contribution in [0.15, 0.2) is 85.2 Å². The van der Waals surface area contributed by atoms with E-state index in [2.05, 4.69) is 52.8 Å². The number of nitrogens with one attached hydrogen (secondary N) is 1. The molecule has 0 saturated carbocycles. The maximum atomic E-state index is 4.23. The van der Waals surface area contributed by atoms with Gasteiger partial charge in [-0.05, 0) is 35.4 Å². The molecule has 0 saturated heterocycles. The third kappa shape index (κ3) is 3.61. The lowest BCUT2D eigenvalue weighted by Gasteiger charge is -2.09. The molecule has 0 unspecified atom stereocenters. The molecule has 2 aromatic carbocycles. The van der Waals surface area contributed by atoms with Gasteiger partial charge in [-0.1, -0.05) is 54.6 Å². The second-order valence-corrected chi connectivity index (χ2v) is 4.90. The Morgan fingerprint density at radius 3 is 2.45 bits per heavy atom. The first-order valence-corrected chi connectivity index (χ1v) is 7.29. The molecule has 2 heteroatoms. The molecule has 0 fully saturated rings. The van der Waals surface area contributed by atoms with Gasteiger partial charge in [-0.15, -0.1) is 0 Å². The van der Waals surface area contributed by atoms with Crippen LogP contribution in [0.2, 0.25) is 0 Å². The number of nitrogens with zero attached hydrogens (tertiary/aromatic N) is 1. The minimum atomic E-state index is 0.753. The monoisotopic (exact) mass is 285 g/mol. The molecule has 0 aliphatic carbocycles. The second-order valence-electron chi connectivity index (χ2n) is 4.90. The quantitative estimate of drug-likeness (QED) is 0.750. The summed E-state index contributed by atoms with van der Waals surface area (Å²) in [4.78, 5) is 4.23. The Kier molecular flexibility index (Phi) is 4.63. The van der Waals surface area contributed by atoms with Gasteiger partial charge in [0, 0.05) is 30.2 Å². The van der Waals surface area contributed by atoms with Crippen LogP contribution in [0.4, 0.5) is 5.69 Å². The van der Waals surface area contributed by atoms with Crippen LogP contribution in [0.25, 0.3) is 5.57 Å². The Balaban J connectivity index is 1.84. The molecule has 0 atom stereocenters. The van der Waals surface area contributed by atoms with Crippen molar-refractivity contribution in [1.82, 2.24) is 4.98 Å². The Morgan fingerprint density at radius 1 is 0.955 bits per heavy atom. The number of pyridine rings is 1. The zero-order chi connectivity index (χ0) is 15.0. The molecule has 1 aromatic heterocycles. The number of aromatic nitrogens is 1. The van der Waals surface area contributed by atoms with Crippen LogP contribution in [0, 0.1) is 6.07 Å². The zero-order valence-electron chi connectivity index (χ0n) is 12.2. The first-order valence-electron chi connectivity index (χ1n) is 7.29. The zero-order valence-corrected chi connectivity index (χ0v) is 12.2. The van der Waals surface area contributed by atoms with Crippen LogP contribution in [0.5, 0.6) is 0 Å². The smallest absolute Gasteiger partial charge is 0.0346 e. The van der Waals surface area contributed by atoms with Crippen LogP contribution < -0.4 is 5.32 Å². The van der Waals surface area contributed by atoms with Gasteiger partial charge in [-0.2, -0.15) is 0 Å². The molecule has 3 aromatic rings. The van der Waals surface area contributed by atoms with Crippen molar-refractivity contribution in [2.24, 2.45) is 0 Å². The number of hydrogen-bond donors (Lipinski definition) is 1. The van der Waals surface area contributed by atoms with Gasteiger partial charge in [-0.3, -0.25) is 4.98 Å². The average molecular weight is 285 g/mol. The summed E-state index contributed by atoms with van der Waals surface area (Å²) in [6.07, 6.45) is 5.89. The van der Waals surface area contributed by atoms with Gasteiger partial charge in [0.25, 0.3) is 0 Å². The highest BCUT2D eigenvalue weighted by Gasteiger charge is 2.04. The third-order valence-corrected chi connectivity index (χ3v) is 3.39. The van der Waals surface area contributed by atoms with Crippen LogP contribution in [-0.2, 0) is 0 Å². The van der Waals surface area contributed by atoms with Crippen molar-refractivity contribution in [3.63, 3.8) is 0 Å². The number of benzene rings is 2. The summed E-state index contributed by atoms with van der Waals surface area (Å²) in [5, 5.41) is 3.40. The van der Waals surface area contributed by atoms with Crippen molar-refractivity contribution in [3.8, 4) is 0 Å². The molecule has 2 nitrogen and oxygen atoms in total. The summed E-state index contributed by atoms with van der Waals surface area (Å²) in [5.74, 6) is 0. The fourth-order valence-electron chi connectivity index (χ4n) is 2.32. The molecule has 107 valence electrons. The van der Waals surface area contributed by atoms with Gasteiger partial charge in [0.2, 0.25) is 0 Å². The van der Waals surface area contributed by atoms with E-state index in [-0.39, 0.29) is 0 Å². The minimum Gasteiger partial charge on any atom is -0.382 e. The summed E-state index contributed by atoms with van der Waals surface area (Å²) >= 11 is 0.